The van der Waals surface area contributed by atoms with Crippen molar-refractivity contribution in [1.29, 1.82) is 0 Å². The third-order valence-electron chi connectivity index (χ3n) is 7.39. The molecule has 1 aliphatic carbocycles. The molecule has 3 rings (SSSR count). The largest absolute Gasteiger partial charge is 0.412 e. The summed E-state index contributed by atoms with van der Waals surface area (Å²) >= 11 is 6.07. The number of likely N-dealkylation sites (tertiary alicyclic amines) is 1. The second-order valence-electron chi connectivity index (χ2n) is 10.9. The maximum Gasteiger partial charge on any atom is 0.256 e. The number of hydrogen-bond acceptors (Lipinski definition) is 3. The van der Waals surface area contributed by atoms with E-state index < -0.39 is 17.6 Å². The van der Waals surface area contributed by atoms with Crippen molar-refractivity contribution < 1.29 is 20.2 Å². The monoisotopic (exact) mass is 492 g/mol. The highest BCUT2D eigenvalue weighted by atomic mass is 35.5. The maximum atomic E-state index is 13.6. The van der Waals surface area contributed by atoms with Gasteiger partial charge in [0.2, 0.25) is 5.91 Å². The van der Waals surface area contributed by atoms with Crippen LogP contribution in [0.15, 0.2) is 35.9 Å². The predicted molar refractivity (Wildman–Crippen MR) is 137 cm³/mol. The lowest BCUT2D eigenvalue weighted by Crippen LogP contribution is -2.59. The van der Waals surface area contributed by atoms with Crippen LogP contribution < -0.4 is 5.32 Å². The van der Waals surface area contributed by atoms with Gasteiger partial charge in [0.05, 0.1) is 0 Å². The molecule has 1 heterocycles. The van der Waals surface area contributed by atoms with Gasteiger partial charge in [-0.25, -0.2) is 0 Å². The molecule has 0 saturated carbocycles. The molecule has 1 fully saturated rings. The van der Waals surface area contributed by atoms with Crippen molar-refractivity contribution in [2.75, 3.05) is 13.1 Å². The molecule has 1 aliphatic heterocycles. The Morgan fingerprint density at radius 3 is 2.38 bits per heavy atom. The fraction of sp³-hybridized carbons (Fsp3) is 0.630. The van der Waals surface area contributed by atoms with Crippen LogP contribution >= 0.6 is 11.6 Å². The van der Waals surface area contributed by atoms with E-state index in [0.717, 1.165) is 36.3 Å². The third-order valence-corrected chi connectivity index (χ3v) is 7.64. The zero-order valence-electron chi connectivity index (χ0n) is 21.2. The normalized spacial score (nSPS) is 22.8. The van der Waals surface area contributed by atoms with Crippen molar-refractivity contribution in [2.24, 2.45) is 11.3 Å². The van der Waals surface area contributed by atoms with E-state index in [-0.39, 0.29) is 22.7 Å². The Kier molecular flexibility index (Phi) is 9.37. The minimum atomic E-state index is -1.59. The Labute approximate surface area is 209 Å². The number of nitrogens with one attached hydrogen (secondary N) is 1. The lowest BCUT2D eigenvalue weighted by Gasteiger charge is -2.46. The van der Waals surface area contributed by atoms with Gasteiger partial charge in [0.25, 0.3) is 5.91 Å². The number of hydrogen-bond donors (Lipinski definition) is 2. The van der Waals surface area contributed by atoms with Crippen molar-refractivity contribution in [3.63, 3.8) is 0 Å². The lowest BCUT2D eigenvalue weighted by molar-refractivity contribution is -0.144. The highest BCUT2D eigenvalue weighted by Crippen LogP contribution is 2.42. The van der Waals surface area contributed by atoms with Gasteiger partial charge in [0, 0.05) is 18.1 Å². The molecular formula is C27H41ClN2O4. The molecule has 7 heteroatoms. The summed E-state index contributed by atoms with van der Waals surface area (Å²) in [6.07, 6.45) is 6.47. The maximum absolute atomic E-state index is 13.6. The number of piperidine rings is 1. The van der Waals surface area contributed by atoms with E-state index in [1.54, 1.807) is 6.92 Å². The van der Waals surface area contributed by atoms with Crippen LogP contribution in [0.5, 0.6) is 0 Å². The van der Waals surface area contributed by atoms with Gasteiger partial charge < -0.3 is 20.8 Å². The average molecular weight is 493 g/mol. The number of aliphatic hydroxyl groups is 1. The minimum absolute atomic E-state index is 0. The fourth-order valence-corrected chi connectivity index (χ4v) is 5.40. The van der Waals surface area contributed by atoms with E-state index in [0.29, 0.717) is 25.4 Å². The van der Waals surface area contributed by atoms with Gasteiger partial charge in [-0.1, -0.05) is 57.5 Å². The van der Waals surface area contributed by atoms with Crippen LogP contribution in [-0.2, 0) is 9.59 Å². The van der Waals surface area contributed by atoms with E-state index in [9.17, 15) is 14.7 Å². The Balaban J connectivity index is 0.00000408. The molecule has 4 N–H and O–H groups in total. The number of carbonyl (C=O) groups excluding carboxylic acids is 2. The molecule has 2 amide bonds. The standard InChI is InChI=1S/C27H39ClN2O3.H2O/c1-18(2)23(29-25(32)27(5,33)20-9-7-6-8-10-20)24(31)30-16-15-22(26(3,4)17-30)19-11-13-21(28)14-12-19;/h9,11-14,18,22-23,33H,6-8,10,15-17H2,1-5H3,(H,29,32);1H2/t22-,23-,27?;/m1./s1. The molecular weight excluding hydrogens is 452 g/mol. The second kappa shape index (κ2) is 11.2. The van der Waals surface area contributed by atoms with E-state index in [2.05, 4.69) is 31.3 Å². The number of amides is 2. The zero-order valence-corrected chi connectivity index (χ0v) is 21.9. The van der Waals surface area contributed by atoms with Gasteiger partial charge in [-0.3, -0.25) is 9.59 Å². The van der Waals surface area contributed by atoms with Crippen LogP contribution in [-0.4, -0.2) is 52.0 Å². The van der Waals surface area contributed by atoms with Gasteiger partial charge in [-0.2, -0.15) is 0 Å². The fourth-order valence-electron chi connectivity index (χ4n) is 5.28. The summed E-state index contributed by atoms with van der Waals surface area (Å²) in [6, 6.07) is 7.32. The summed E-state index contributed by atoms with van der Waals surface area (Å²) in [4.78, 5) is 28.5. The molecule has 0 radical (unpaired) electrons. The first kappa shape index (κ1) is 28.3. The highest BCUT2D eigenvalue weighted by molar-refractivity contribution is 6.30. The Bertz CT molecular complexity index is 892. The van der Waals surface area contributed by atoms with Gasteiger partial charge >= 0.3 is 0 Å². The SMILES string of the molecule is CC(C)[C@@H](NC(=O)C(C)(O)C1=CCCCC1)C(=O)N1CC[C@H](c2ccc(Cl)cc2)C(C)(C)C1.O. The first-order chi connectivity index (χ1) is 15.4. The highest BCUT2D eigenvalue weighted by Gasteiger charge is 2.42. The smallest absolute Gasteiger partial charge is 0.256 e. The molecule has 1 unspecified atom stereocenters. The summed E-state index contributed by atoms with van der Waals surface area (Å²) in [7, 11) is 0. The third kappa shape index (κ3) is 6.21. The summed E-state index contributed by atoms with van der Waals surface area (Å²) in [5.74, 6) is -0.327. The number of nitrogens with zero attached hydrogens (tertiary/aromatic N) is 1. The molecule has 0 aromatic heterocycles. The predicted octanol–water partition coefficient (Wildman–Crippen LogP) is 4.25. The van der Waals surface area contributed by atoms with Crippen LogP contribution in [0.1, 0.15) is 78.2 Å². The molecule has 2 aliphatic rings. The van der Waals surface area contributed by atoms with Crippen molar-refractivity contribution in [2.45, 2.75) is 84.3 Å². The number of allylic oxidation sites excluding steroid dienone is 1. The van der Waals surface area contributed by atoms with E-state index in [1.807, 2.05) is 37.0 Å². The zero-order chi connectivity index (χ0) is 24.4. The molecule has 3 atom stereocenters. The van der Waals surface area contributed by atoms with Crippen molar-refractivity contribution in [3.8, 4) is 0 Å². The molecule has 0 spiro atoms. The van der Waals surface area contributed by atoms with Crippen LogP contribution in [0.25, 0.3) is 0 Å². The van der Waals surface area contributed by atoms with Crippen LogP contribution in [0.4, 0.5) is 0 Å². The first-order valence-corrected chi connectivity index (χ1v) is 12.6. The van der Waals surface area contributed by atoms with Crippen molar-refractivity contribution in [1.82, 2.24) is 10.2 Å². The van der Waals surface area contributed by atoms with E-state index in [4.69, 9.17) is 11.6 Å². The molecule has 190 valence electrons. The number of benzene rings is 1. The van der Waals surface area contributed by atoms with E-state index in [1.165, 1.54) is 5.56 Å². The summed E-state index contributed by atoms with van der Waals surface area (Å²) in [5, 5.41) is 14.6. The van der Waals surface area contributed by atoms with Crippen LogP contribution in [0.3, 0.4) is 0 Å². The van der Waals surface area contributed by atoms with Crippen molar-refractivity contribution >= 4 is 23.4 Å². The molecule has 1 saturated heterocycles. The first-order valence-electron chi connectivity index (χ1n) is 12.2. The lowest BCUT2D eigenvalue weighted by atomic mass is 9.70. The quantitative estimate of drug-likeness (QED) is 0.580. The summed E-state index contributed by atoms with van der Waals surface area (Å²) < 4.78 is 0. The molecule has 1 aromatic rings. The molecule has 0 bridgehead atoms. The second-order valence-corrected chi connectivity index (χ2v) is 11.3. The molecule has 6 nitrogen and oxygen atoms in total. The van der Waals surface area contributed by atoms with Crippen LogP contribution in [0.2, 0.25) is 5.02 Å². The Morgan fingerprint density at radius 1 is 1.21 bits per heavy atom. The van der Waals surface area contributed by atoms with Gasteiger partial charge in [-0.05, 0) is 79.5 Å². The molecule has 1 aromatic carbocycles. The van der Waals surface area contributed by atoms with Gasteiger partial charge in [0.1, 0.15) is 6.04 Å². The Hall–Kier alpha value is -1.89. The van der Waals surface area contributed by atoms with Crippen molar-refractivity contribution in [3.05, 3.63) is 46.5 Å². The minimum Gasteiger partial charge on any atom is -0.412 e. The number of rotatable bonds is 6. The van der Waals surface area contributed by atoms with Gasteiger partial charge in [-0.15, -0.1) is 0 Å². The topological polar surface area (TPSA) is 101 Å². The summed E-state index contributed by atoms with van der Waals surface area (Å²) in [5.41, 5.74) is 0.286. The Morgan fingerprint density at radius 2 is 1.85 bits per heavy atom. The molecule has 34 heavy (non-hydrogen) atoms. The van der Waals surface area contributed by atoms with E-state index >= 15 is 0 Å². The number of carbonyl (C=O) groups is 2. The summed E-state index contributed by atoms with van der Waals surface area (Å²) in [6.45, 7) is 11.0. The number of halogens is 1. The van der Waals surface area contributed by atoms with Crippen LogP contribution in [0, 0.1) is 11.3 Å². The average Bonchev–Trinajstić information content (AvgIpc) is 2.77. The van der Waals surface area contributed by atoms with Gasteiger partial charge in [0.15, 0.2) is 5.60 Å².